The highest BCUT2D eigenvalue weighted by Crippen LogP contribution is 1.96. The van der Waals surface area contributed by atoms with Gasteiger partial charge in [-0.05, 0) is 18.9 Å². The lowest BCUT2D eigenvalue weighted by Crippen LogP contribution is -1.70. The summed E-state index contributed by atoms with van der Waals surface area (Å²) in [5.74, 6) is 6.19. The van der Waals surface area contributed by atoms with E-state index in [1.54, 1.807) is 6.08 Å². The molecule has 0 bridgehead atoms. The van der Waals surface area contributed by atoms with Crippen LogP contribution in [0, 0.1) is 11.8 Å². The van der Waals surface area contributed by atoms with Gasteiger partial charge in [-0.25, -0.2) is 0 Å². The van der Waals surface area contributed by atoms with Gasteiger partial charge in [0, 0.05) is 12.0 Å². The van der Waals surface area contributed by atoms with Crippen molar-refractivity contribution in [2.45, 2.75) is 53.4 Å². The molecular weight excluding hydrogens is 192 g/mol. The molecule has 0 aliphatic rings. The van der Waals surface area contributed by atoms with Crippen LogP contribution in [0.15, 0.2) is 36.5 Å². The highest BCUT2D eigenvalue weighted by atomic mass is 13.8. The van der Waals surface area contributed by atoms with Crippen molar-refractivity contribution in [3.05, 3.63) is 36.5 Å². The van der Waals surface area contributed by atoms with E-state index in [-0.39, 0.29) is 0 Å². The van der Waals surface area contributed by atoms with Crippen LogP contribution in [0.2, 0.25) is 0 Å². The van der Waals surface area contributed by atoms with Crippen LogP contribution in [0.3, 0.4) is 0 Å². The Labute approximate surface area is 102 Å². The fraction of sp³-hybridized carbons (Fsp3) is 0.500. The second-order valence-corrected chi connectivity index (χ2v) is 3.09. The molecular formula is C16H26. The van der Waals surface area contributed by atoms with Crippen LogP contribution in [0.4, 0.5) is 0 Å². The summed E-state index contributed by atoms with van der Waals surface area (Å²) in [7, 11) is 0. The van der Waals surface area contributed by atoms with Crippen LogP contribution in [-0.4, -0.2) is 0 Å². The first-order valence-electron chi connectivity index (χ1n) is 6.33. The first-order chi connectivity index (χ1) is 7.85. The molecule has 0 saturated heterocycles. The highest BCUT2D eigenvalue weighted by Gasteiger charge is 1.80. The van der Waals surface area contributed by atoms with Gasteiger partial charge in [-0.15, -0.1) is 0 Å². The molecule has 90 valence electrons. The summed E-state index contributed by atoms with van der Waals surface area (Å²) in [6, 6.07) is 0. The van der Waals surface area contributed by atoms with Gasteiger partial charge in [0.1, 0.15) is 0 Å². The van der Waals surface area contributed by atoms with Crippen LogP contribution in [0.5, 0.6) is 0 Å². The number of hydrogen-bond acceptors (Lipinski definition) is 0. The Bertz CT molecular complexity index is 255. The Morgan fingerprint density at radius 3 is 2.38 bits per heavy atom. The van der Waals surface area contributed by atoms with Gasteiger partial charge < -0.3 is 0 Å². The van der Waals surface area contributed by atoms with E-state index >= 15 is 0 Å². The summed E-state index contributed by atoms with van der Waals surface area (Å²) in [6.45, 7) is 12.0. The number of allylic oxidation sites excluding steroid dienone is 5. The average molecular weight is 218 g/mol. The lowest BCUT2D eigenvalue weighted by atomic mass is 10.2. The monoisotopic (exact) mass is 218 g/mol. The van der Waals surface area contributed by atoms with E-state index in [1.807, 2.05) is 19.9 Å². The second-order valence-electron chi connectivity index (χ2n) is 3.09. The van der Waals surface area contributed by atoms with Crippen molar-refractivity contribution in [2.75, 3.05) is 0 Å². The quantitative estimate of drug-likeness (QED) is 0.435. The lowest BCUT2D eigenvalue weighted by Gasteiger charge is -1.86. The van der Waals surface area contributed by atoms with Gasteiger partial charge >= 0.3 is 0 Å². The lowest BCUT2D eigenvalue weighted by molar-refractivity contribution is 0.959. The predicted molar refractivity (Wildman–Crippen MR) is 76.4 cm³/mol. The summed E-state index contributed by atoms with van der Waals surface area (Å²) in [4.78, 5) is 0. The molecule has 0 rings (SSSR count). The van der Waals surface area contributed by atoms with Crippen molar-refractivity contribution in [1.82, 2.24) is 0 Å². The number of hydrogen-bond donors (Lipinski definition) is 0. The van der Waals surface area contributed by atoms with E-state index in [0.29, 0.717) is 0 Å². The molecule has 0 radical (unpaired) electrons. The molecule has 0 saturated carbocycles. The molecule has 0 heterocycles. The third kappa shape index (κ3) is 12.8. The second kappa shape index (κ2) is 16.2. The molecule has 0 heteroatoms. The molecule has 0 atom stereocenters. The van der Waals surface area contributed by atoms with Crippen LogP contribution >= 0.6 is 0 Å². The largest absolute Gasteiger partial charge is 0.0979 e. The van der Waals surface area contributed by atoms with Crippen LogP contribution in [-0.2, 0) is 0 Å². The maximum absolute atomic E-state index is 3.73. The molecule has 16 heavy (non-hydrogen) atoms. The minimum atomic E-state index is 0.962. The van der Waals surface area contributed by atoms with Gasteiger partial charge in [0.25, 0.3) is 0 Å². The number of rotatable bonds is 5. The topological polar surface area (TPSA) is 0 Å². The normalized spacial score (nSPS) is 10.1. The number of unbranched alkanes of at least 4 members (excludes halogenated alkanes) is 2. The summed E-state index contributed by atoms with van der Waals surface area (Å²) in [5.41, 5.74) is 1.01. The smallest absolute Gasteiger partial charge is 0.0239 e. The highest BCUT2D eigenvalue weighted by molar-refractivity contribution is 5.39. The molecule has 0 aliphatic heterocycles. The van der Waals surface area contributed by atoms with Gasteiger partial charge in [-0.3, -0.25) is 0 Å². The zero-order chi connectivity index (χ0) is 12.6. The minimum Gasteiger partial charge on any atom is -0.0979 e. The fourth-order valence-corrected chi connectivity index (χ4v) is 0.885. The van der Waals surface area contributed by atoms with Gasteiger partial charge in [0.15, 0.2) is 0 Å². The fourth-order valence-electron chi connectivity index (χ4n) is 0.885. The zero-order valence-corrected chi connectivity index (χ0v) is 11.3. The molecule has 0 aromatic heterocycles. The molecule has 0 amide bonds. The molecule has 0 N–H and O–H groups in total. The maximum atomic E-state index is 3.73. The Morgan fingerprint density at radius 2 is 1.88 bits per heavy atom. The Balaban J connectivity index is 0. The van der Waals surface area contributed by atoms with E-state index in [2.05, 4.69) is 44.4 Å². The van der Waals surface area contributed by atoms with Gasteiger partial charge in [0.2, 0.25) is 0 Å². The van der Waals surface area contributed by atoms with E-state index in [9.17, 15) is 0 Å². The van der Waals surface area contributed by atoms with Crippen molar-refractivity contribution >= 4 is 0 Å². The predicted octanol–water partition coefficient (Wildman–Crippen LogP) is 5.28. The molecule has 0 spiro atoms. The van der Waals surface area contributed by atoms with Crippen LogP contribution < -0.4 is 0 Å². The van der Waals surface area contributed by atoms with Crippen LogP contribution in [0.1, 0.15) is 53.4 Å². The van der Waals surface area contributed by atoms with E-state index in [0.717, 1.165) is 24.8 Å². The van der Waals surface area contributed by atoms with Crippen molar-refractivity contribution in [3.8, 4) is 11.8 Å². The summed E-state index contributed by atoms with van der Waals surface area (Å²) in [5, 5.41) is 0. The summed E-state index contributed by atoms with van der Waals surface area (Å²) < 4.78 is 0. The maximum Gasteiger partial charge on any atom is 0.0239 e. The first-order valence-corrected chi connectivity index (χ1v) is 6.33. The average Bonchev–Trinajstić information content (AvgIpc) is 2.35. The zero-order valence-electron chi connectivity index (χ0n) is 11.3. The van der Waals surface area contributed by atoms with Crippen molar-refractivity contribution in [3.63, 3.8) is 0 Å². The molecule has 0 unspecified atom stereocenters. The molecule has 0 aliphatic carbocycles. The third-order valence-electron chi connectivity index (χ3n) is 1.69. The van der Waals surface area contributed by atoms with Crippen molar-refractivity contribution in [2.24, 2.45) is 0 Å². The first kappa shape index (κ1) is 17.2. The standard InChI is InChI=1S/C14H20.C2H6/c1-4-7-9-11-13-14(6-3)12-10-8-5-2;1-2/h6,9,11,13H,3-5,7-8H2,1-2H3;1-2H3/b11-9+,14-13+;. The van der Waals surface area contributed by atoms with E-state index < -0.39 is 0 Å². The third-order valence-corrected chi connectivity index (χ3v) is 1.69. The van der Waals surface area contributed by atoms with Gasteiger partial charge in [-0.1, -0.05) is 70.8 Å². The molecule has 0 fully saturated rings. The van der Waals surface area contributed by atoms with E-state index in [1.165, 1.54) is 6.42 Å². The van der Waals surface area contributed by atoms with Crippen molar-refractivity contribution < 1.29 is 0 Å². The van der Waals surface area contributed by atoms with Gasteiger partial charge in [0.05, 0.1) is 0 Å². The summed E-state index contributed by atoms with van der Waals surface area (Å²) in [6.07, 6.45) is 12.4. The Morgan fingerprint density at radius 1 is 1.19 bits per heavy atom. The molecule has 0 aromatic rings. The molecule has 0 nitrogen and oxygen atoms in total. The Hall–Kier alpha value is -1.22. The van der Waals surface area contributed by atoms with Gasteiger partial charge in [-0.2, -0.15) is 0 Å². The molecule has 0 aromatic carbocycles. The minimum absolute atomic E-state index is 0.962. The van der Waals surface area contributed by atoms with Crippen molar-refractivity contribution in [1.29, 1.82) is 0 Å². The van der Waals surface area contributed by atoms with Crippen LogP contribution in [0.25, 0.3) is 0 Å². The SMILES string of the molecule is C=C/C(C#CCCC)=C\C=C\CCC.CC. The van der Waals surface area contributed by atoms with E-state index in [4.69, 9.17) is 0 Å². The Kier molecular flexibility index (Phi) is 17.4. The summed E-state index contributed by atoms with van der Waals surface area (Å²) >= 11 is 0.